The summed E-state index contributed by atoms with van der Waals surface area (Å²) in [6.45, 7) is 4.16. The zero-order chi connectivity index (χ0) is 14.7. The summed E-state index contributed by atoms with van der Waals surface area (Å²) in [5.41, 5.74) is 1.50. The highest BCUT2D eigenvalue weighted by Gasteiger charge is 2.27. The fraction of sp³-hybridized carbons (Fsp3) is 0.467. The molecule has 0 unspecified atom stereocenters. The summed E-state index contributed by atoms with van der Waals surface area (Å²) in [6.07, 6.45) is 1.05. The van der Waals surface area contributed by atoms with Crippen LogP contribution in [0.3, 0.4) is 0 Å². The van der Waals surface area contributed by atoms with Crippen molar-refractivity contribution in [3.05, 3.63) is 24.3 Å². The zero-order valence-corrected chi connectivity index (χ0v) is 13.2. The maximum absolute atomic E-state index is 12.6. The number of rotatable bonds is 2. The van der Waals surface area contributed by atoms with Crippen LogP contribution in [-0.2, 0) is 9.59 Å². The van der Waals surface area contributed by atoms with Crippen LogP contribution in [0.5, 0.6) is 0 Å². The third-order valence-corrected chi connectivity index (χ3v) is 3.86. The number of carbonyl (C=O) groups is 2. The summed E-state index contributed by atoms with van der Waals surface area (Å²) in [6, 6.07) is 7.43. The molecule has 22 heavy (non-hydrogen) atoms. The van der Waals surface area contributed by atoms with Crippen LogP contribution in [0.4, 0.5) is 11.4 Å². The molecule has 0 saturated carbocycles. The van der Waals surface area contributed by atoms with E-state index in [9.17, 15) is 9.59 Å². The van der Waals surface area contributed by atoms with Crippen LogP contribution in [-0.4, -0.2) is 56.0 Å². The van der Waals surface area contributed by atoms with Gasteiger partial charge >= 0.3 is 0 Å². The molecule has 1 fully saturated rings. The number of halogens is 1. The summed E-state index contributed by atoms with van der Waals surface area (Å²) in [7, 11) is 0. The van der Waals surface area contributed by atoms with Gasteiger partial charge < -0.3 is 10.6 Å². The summed E-state index contributed by atoms with van der Waals surface area (Å²) in [4.78, 5) is 28.1. The van der Waals surface area contributed by atoms with Crippen molar-refractivity contribution < 1.29 is 9.59 Å². The van der Waals surface area contributed by atoms with E-state index in [4.69, 9.17) is 0 Å². The summed E-state index contributed by atoms with van der Waals surface area (Å²) in [5.74, 6) is -0.154. The first-order chi connectivity index (χ1) is 10.2. The van der Waals surface area contributed by atoms with Crippen molar-refractivity contribution in [2.75, 3.05) is 49.5 Å². The van der Waals surface area contributed by atoms with Gasteiger partial charge in [0.1, 0.15) is 6.54 Å². The minimum Gasteiger partial charge on any atom is -0.323 e. The van der Waals surface area contributed by atoms with Crippen molar-refractivity contribution in [2.45, 2.75) is 6.42 Å². The Morgan fingerprint density at radius 3 is 2.86 bits per heavy atom. The van der Waals surface area contributed by atoms with Crippen molar-refractivity contribution in [3.63, 3.8) is 0 Å². The molecule has 0 aliphatic carbocycles. The van der Waals surface area contributed by atoms with Crippen LogP contribution < -0.4 is 15.5 Å². The summed E-state index contributed by atoms with van der Waals surface area (Å²) in [5, 5.41) is 6.12. The number of fused-ring (bicyclic) bond motifs is 1. The maximum Gasteiger partial charge on any atom is 0.244 e. The normalized spacial score (nSPS) is 18.7. The molecule has 1 saturated heterocycles. The molecule has 0 bridgehead atoms. The number of benzene rings is 1. The number of hydrogen-bond acceptors (Lipinski definition) is 4. The average Bonchev–Trinajstić information content (AvgIpc) is 2.75. The van der Waals surface area contributed by atoms with Crippen LogP contribution >= 0.6 is 12.4 Å². The van der Waals surface area contributed by atoms with Crippen molar-refractivity contribution in [1.29, 1.82) is 0 Å². The van der Waals surface area contributed by atoms with Gasteiger partial charge in [-0.25, -0.2) is 0 Å². The first kappa shape index (κ1) is 16.7. The van der Waals surface area contributed by atoms with Crippen molar-refractivity contribution in [2.24, 2.45) is 0 Å². The van der Waals surface area contributed by atoms with Crippen LogP contribution in [0, 0.1) is 0 Å². The lowest BCUT2D eigenvalue weighted by Gasteiger charge is -2.31. The van der Waals surface area contributed by atoms with Crippen LogP contribution in [0.25, 0.3) is 0 Å². The van der Waals surface area contributed by atoms with Crippen molar-refractivity contribution in [1.82, 2.24) is 10.2 Å². The Bertz CT molecular complexity index is 544. The molecule has 120 valence electrons. The van der Waals surface area contributed by atoms with Gasteiger partial charge in [-0.2, -0.15) is 0 Å². The Hall–Kier alpha value is -1.63. The fourth-order valence-electron chi connectivity index (χ4n) is 2.79. The Morgan fingerprint density at radius 1 is 1.18 bits per heavy atom. The fourth-order valence-corrected chi connectivity index (χ4v) is 2.79. The quantitative estimate of drug-likeness (QED) is 0.840. The lowest BCUT2D eigenvalue weighted by Crippen LogP contribution is -2.47. The number of anilines is 2. The smallest absolute Gasteiger partial charge is 0.244 e. The molecule has 0 radical (unpaired) electrons. The largest absolute Gasteiger partial charge is 0.323 e. The maximum atomic E-state index is 12.6. The van der Waals surface area contributed by atoms with Gasteiger partial charge in [-0.15, -0.1) is 12.4 Å². The molecule has 2 heterocycles. The van der Waals surface area contributed by atoms with E-state index < -0.39 is 0 Å². The molecule has 3 rings (SSSR count). The van der Waals surface area contributed by atoms with Crippen LogP contribution in [0.15, 0.2) is 24.3 Å². The standard InChI is InChI=1S/C15H20N4O2.ClH/c20-14-10-19(13-5-2-1-4-12(13)17-14)15(21)11-18-8-3-6-16-7-9-18;/h1-2,4-5,16H,3,6-11H2,(H,17,20);1H. The van der Waals surface area contributed by atoms with E-state index >= 15 is 0 Å². The van der Waals surface area contributed by atoms with Crippen molar-refractivity contribution >= 4 is 35.6 Å². The van der Waals surface area contributed by atoms with Gasteiger partial charge in [-0.3, -0.25) is 19.4 Å². The van der Waals surface area contributed by atoms with E-state index in [0.29, 0.717) is 12.2 Å². The predicted molar refractivity (Wildman–Crippen MR) is 88.6 cm³/mol. The topological polar surface area (TPSA) is 64.7 Å². The molecule has 0 aromatic heterocycles. The minimum atomic E-state index is -0.139. The molecule has 7 heteroatoms. The van der Waals surface area contributed by atoms with Gasteiger partial charge in [-0.1, -0.05) is 12.1 Å². The van der Waals surface area contributed by atoms with Crippen LogP contribution in [0.2, 0.25) is 0 Å². The van der Waals surface area contributed by atoms with E-state index in [0.717, 1.165) is 38.3 Å². The van der Waals surface area contributed by atoms with E-state index in [2.05, 4.69) is 15.5 Å². The molecule has 1 aromatic carbocycles. The van der Waals surface area contributed by atoms with Gasteiger partial charge in [0, 0.05) is 13.1 Å². The molecular weight excluding hydrogens is 304 g/mol. The highest BCUT2D eigenvalue weighted by molar-refractivity contribution is 6.10. The van der Waals surface area contributed by atoms with Gasteiger partial charge in [-0.05, 0) is 31.6 Å². The first-order valence-corrected chi connectivity index (χ1v) is 7.36. The second-order valence-electron chi connectivity index (χ2n) is 5.42. The number of nitrogens with zero attached hydrogens (tertiary/aromatic N) is 2. The molecule has 2 N–H and O–H groups in total. The molecular formula is C15H21ClN4O2. The lowest BCUT2D eigenvalue weighted by molar-refractivity contribution is -0.122. The second kappa shape index (κ2) is 7.58. The number of para-hydroxylation sites is 2. The molecule has 0 atom stereocenters. The number of amides is 2. The third-order valence-electron chi connectivity index (χ3n) is 3.86. The highest BCUT2D eigenvalue weighted by atomic mass is 35.5. The Balaban J connectivity index is 0.00000176. The molecule has 1 aromatic rings. The molecule has 2 aliphatic rings. The van der Waals surface area contributed by atoms with Crippen molar-refractivity contribution in [3.8, 4) is 0 Å². The van der Waals surface area contributed by atoms with Gasteiger partial charge in [0.25, 0.3) is 0 Å². The monoisotopic (exact) mass is 324 g/mol. The van der Waals surface area contributed by atoms with E-state index in [-0.39, 0.29) is 30.8 Å². The molecule has 0 spiro atoms. The zero-order valence-electron chi connectivity index (χ0n) is 12.4. The first-order valence-electron chi connectivity index (χ1n) is 7.36. The average molecular weight is 325 g/mol. The Morgan fingerprint density at radius 2 is 2.00 bits per heavy atom. The lowest BCUT2D eigenvalue weighted by atomic mass is 10.2. The van der Waals surface area contributed by atoms with Gasteiger partial charge in [0.15, 0.2) is 0 Å². The minimum absolute atomic E-state index is 0. The number of hydrogen-bond donors (Lipinski definition) is 2. The molecule has 2 aliphatic heterocycles. The van der Waals surface area contributed by atoms with E-state index in [1.54, 1.807) is 4.90 Å². The summed E-state index contributed by atoms with van der Waals surface area (Å²) < 4.78 is 0. The van der Waals surface area contributed by atoms with E-state index in [1.807, 2.05) is 24.3 Å². The number of nitrogens with one attached hydrogen (secondary N) is 2. The van der Waals surface area contributed by atoms with Gasteiger partial charge in [0.2, 0.25) is 11.8 Å². The molecule has 6 nitrogen and oxygen atoms in total. The van der Waals surface area contributed by atoms with Gasteiger partial charge in [0.05, 0.1) is 17.9 Å². The SMILES string of the molecule is Cl.O=C1CN(C(=O)CN2CCCNCC2)c2ccccc2N1. The second-order valence-corrected chi connectivity index (χ2v) is 5.42. The molecule has 2 amide bonds. The third kappa shape index (κ3) is 3.76. The number of carbonyl (C=O) groups excluding carboxylic acids is 2. The Kier molecular flexibility index (Phi) is 5.76. The predicted octanol–water partition coefficient (Wildman–Crippen LogP) is 0.689. The highest BCUT2D eigenvalue weighted by Crippen LogP contribution is 2.28. The van der Waals surface area contributed by atoms with Crippen LogP contribution in [0.1, 0.15) is 6.42 Å². The Labute approximate surface area is 136 Å². The summed E-state index contributed by atoms with van der Waals surface area (Å²) >= 11 is 0. The van der Waals surface area contributed by atoms with E-state index in [1.165, 1.54) is 0 Å².